The standard InChI is InChI=1S/C17H19N3OS/c1-2-3-10-19-15-9-5-4-8-14(15)16(21)20(17(19)18)12-13-7-6-11-22-13/h4-9,11,18H,2-3,10,12H2,1H3. The fraction of sp³-hybridized carbons (Fsp3) is 0.294. The van der Waals surface area contributed by atoms with Gasteiger partial charge in [-0.3, -0.25) is 14.8 Å². The van der Waals surface area contributed by atoms with Crippen molar-refractivity contribution in [3.05, 3.63) is 62.6 Å². The minimum atomic E-state index is -0.0817. The Morgan fingerprint density at radius 3 is 2.68 bits per heavy atom. The number of hydrogen-bond donors (Lipinski definition) is 1. The lowest BCUT2D eigenvalue weighted by Gasteiger charge is -2.15. The van der Waals surface area contributed by atoms with Gasteiger partial charge in [-0.25, -0.2) is 0 Å². The number of unbranched alkanes of at least 4 members (excludes halogenated alkanes) is 1. The van der Waals surface area contributed by atoms with Crippen LogP contribution in [0.25, 0.3) is 10.9 Å². The van der Waals surface area contributed by atoms with Gasteiger partial charge in [-0.05, 0) is 30.0 Å². The Morgan fingerprint density at radius 1 is 1.14 bits per heavy atom. The predicted octanol–water partition coefficient (Wildman–Crippen LogP) is 3.19. The maximum Gasteiger partial charge on any atom is 0.263 e. The third-order valence-corrected chi connectivity index (χ3v) is 4.67. The molecule has 0 aliphatic carbocycles. The lowest BCUT2D eigenvalue weighted by molar-refractivity contribution is 0.552. The van der Waals surface area contributed by atoms with E-state index in [4.69, 9.17) is 5.41 Å². The molecule has 0 fully saturated rings. The van der Waals surface area contributed by atoms with E-state index in [2.05, 4.69) is 6.92 Å². The van der Waals surface area contributed by atoms with Crippen LogP contribution in [0.3, 0.4) is 0 Å². The molecule has 2 aromatic heterocycles. The van der Waals surface area contributed by atoms with Crippen molar-refractivity contribution in [1.82, 2.24) is 9.13 Å². The van der Waals surface area contributed by atoms with Crippen LogP contribution in [0.4, 0.5) is 0 Å². The lowest BCUT2D eigenvalue weighted by Crippen LogP contribution is -2.40. The number of fused-ring (bicyclic) bond motifs is 1. The fourth-order valence-electron chi connectivity index (χ4n) is 2.64. The number of para-hydroxylation sites is 1. The molecule has 4 nitrogen and oxygen atoms in total. The van der Waals surface area contributed by atoms with Gasteiger partial charge in [-0.15, -0.1) is 11.3 Å². The number of nitrogens with zero attached hydrogens (tertiary/aromatic N) is 2. The van der Waals surface area contributed by atoms with E-state index in [0.717, 1.165) is 29.8 Å². The molecule has 22 heavy (non-hydrogen) atoms. The van der Waals surface area contributed by atoms with Crippen LogP contribution in [0, 0.1) is 5.41 Å². The zero-order valence-electron chi connectivity index (χ0n) is 12.6. The Labute approximate surface area is 132 Å². The highest BCUT2D eigenvalue weighted by Gasteiger charge is 2.11. The van der Waals surface area contributed by atoms with Crippen LogP contribution < -0.4 is 11.2 Å². The molecule has 0 aliphatic heterocycles. The average Bonchev–Trinajstić information content (AvgIpc) is 3.05. The maximum absolute atomic E-state index is 12.7. The van der Waals surface area contributed by atoms with E-state index in [1.165, 1.54) is 0 Å². The molecule has 0 saturated heterocycles. The molecule has 0 aliphatic rings. The molecular formula is C17H19N3OS. The molecule has 0 atom stereocenters. The first kappa shape index (κ1) is 14.8. The Balaban J connectivity index is 2.23. The second-order valence-corrected chi connectivity index (χ2v) is 6.35. The quantitative estimate of drug-likeness (QED) is 0.772. The van der Waals surface area contributed by atoms with Crippen molar-refractivity contribution in [3.63, 3.8) is 0 Å². The summed E-state index contributed by atoms with van der Waals surface area (Å²) in [4.78, 5) is 13.8. The summed E-state index contributed by atoms with van der Waals surface area (Å²) in [6.45, 7) is 3.36. The third kappa shape index (κ3) is 2.64. The monoisotopic (exact) mass is 313 g/mol. The van der Waals surface area contributed by atoms with Crippen LogP contribution in [0.5, 0.6) is 0 Å². The molecule has 0 amide bonds. The van der Waals surface area contributed by atoms with Gasteiger partial charge >= 0.3 is 0 Å². The van der Waals surface area contributed by atoms with Gasteiger partial charge in [-0.2, -0.15) is 0 Å². The molecular weight excluding hydrogens is 294 g/mol. The number of rotatable bonds is 5. The highest BCUT2D eigenvalue weighted by molar-refractivity contribution is 7.09. The Hall–Kier alpha value is -2.14. The normalized spacial score (nSPS) is 11.1. The summed E-state index contributed by atoms with van der Waals surface area (Å²) in [5, 5.41) is 11.2. The summed E-state index contributed by atoms with van der Waals surface area (Å²) < 4.78 is 3.53. The average molecular weight is 313 g/mol. The van der Waals surface area contributed by atoms with Gasteiger partial charge in [0.2, 0.25) is 5.62 Å². The summed E-state index contributed by atoms with van der Waals surface area (Å²) >= 11 is 1.61. The number of nitrogens with one attached hydrogen (secondary N) is 1. The zero-order valence-corrected chi connectivity index (χ0v) is 13.4. The van der Waals surface area contributed by atoms with E-state index in [9.17, 15) is 4.79 Å². The largest absolute Gasteiger partial charge is 0.312 e. The van der Waals surface area contributed by atoms with Gasteiger partial charge in [0.1, 0.15) is 0 Å². The van der Waals surface area contributed by atoms with Gasteiger partial charge in [-0.1, -0.05) is 31.5 Å². The van der Waals surface area contributed by atoms with Gasteiger partial charge in [0.25, 0.3) is 5.56 Å². The zero-order chi connectivity index (χ0) is 15.5. The van der Waals surface area contributed by atoms with E-state index < -0.39 is 0 Å². The Morgan fingerprint density at radius 2 is 1.95 bits per heavy atom. The van der Waals surface area contributed by atoms with Crippen LogP contribution in [-0.2, 0) is 13.1 Å². The van der Waals surface area contributed by atoms with E-state index in [0.29, 0.717) is 11.9 Å². The summed E-state index contributed by atoms with van der Waals surface area (Å²) in [7, 11) is 0. The van der Waals surface area contributed by atoms with Gasteiger partial charge < -0.3 is 4.57 Å². The van der Waals surface area contributed by atoms with Gasteiger partial charge in [0, 0.05) is 11.4 Å². The summed E-state index contributed by atoms with van der Waals surface area (Å²) in [6, 6.07) is 11.6. The molecule has 1 aromatic carbocycles. The molecule has 0 radical (unpaired) electrons. The molecule has 0 unspecified atom stereocenters. The van der Waals surface area contributed by atoms with Crippen LogP contribution in [-0.4, -0.2) is 9.13 Å². The van der Waals surface area contributed by atoms with Gasteiger partial charge in [0.05, 0.1) is 17.4 Å². The first-order valence-electron chi connectivity index (χ1n) is 7.51. The number of aromatic nitrogens is 2. The van der Waals surface area contributed by atoms with Crippen molar-refractivity contribution in [2.24, 2.45) is 0 Å². The first-order valence-corrected chi connectivity index (χ1v) is 8.39. The summed E-state index contributed by atoms with van der Waals surface area (Å²) in [5.41, 5.74) is 1.06. The van der Waals surface area contributed by atoms with E-state index in [1.54, 1.807) is 15.9 Å². The highest BCUT2D eigenvalue weighted by Crippen LogP contribution is 2.11. The van der Waals surface area contributed by atoms with Crippen LogP contribution in [0.1, 0.15) is 24.6 Å². The molecule has 0 spiro atoms. The fourth-order valence-corrected chi connectivity index (χ4v) is 3.33. The van der Waals surface area contributed by atoms with Crippen LogP contribution in [0.15, 0.2) is 46.6 Å². The third-order valence-electron chi connectivity index (χ3n) is 3.81. The summed E-state index contributed by atoms with van der Waals surface area (Å²) in [5.74, 6) is 0. The van der Waals surface area contributed by atoms with E-state index in [1.807, 2.05) is 46.3 Å². The number of hydrogen-bond acceptors (Lipinski definition) is 3. The smallest absolute Gasteiger partial charge is 0.263 e. The Kier molecular flexibility index (Phi) is 4.24. The van der Waals surface area contributed by atoms with E-state index >= 15 is 0 Å². The molecule has 3 aromatic rings. The molecule has 0 bridgehead atoms. The summed E-state index contributed by atoms with van der Waals surface area (Å²) in [6.07, 6.45) is 2.06. The predicted molar refractivity (Wildman–Crippen MR) is 90.4 cm³/mol. The Bertz CT molecular complexity index is 890. The van der Waals surface area contributed by atoms with Crippen molar-refractivity contribution in [2.45, 2.75) is 32.9 Å². The van der Waals surface area contributed by atoms with E-state index in [-0.39, 0.29) is 11.2 Å². The van der Waals surface area contributed by atoms with Crippen LogP contribution in [0.2, 0.25) is 0 Å². The SMILES string of the molecule is CCCCn1c(=N)n(Cc2cccs2)c(=O)c2ccccc21. The van der Waals surface area contributed by atoms with Crippen molar-refractivity contribution >= 4 is 22.2 Å². The second-order valence-electron chi connectivity index (χ2n) is 5.32. The number of benzene rings is 1. The van der Waals surface area contributed by atoms with Crippen molar-refractivity contribution < 1.29 is 0 Å². The number of aryl methyl sites for hydroxylation is 1. The van der Waals surface area contributed by atoms with Crippen molar-refractivity contribution in [3.8, 4) is 0 Å². The van der Waals surface area contributed by atoms with Crippen molar-refractivity contribution in [2.75, 3.05) is 0 Å². The molecule has 2 heterocycles. The molecule has 1 N–H and O–H groups in total. The topological polar surface area (TPSA) is 50.8 Å². The second kappa shape index (κ2) is 6.32. The van der Waals surface area contributed by atoms with Crippen LogP contribution >= 0.6 is 11.3 Å². The molecule has 114 valence electrons. The first-order chi connectivity index (χ1) is 10.7. The molecule has 0 saturated carbocycles. The maximum atomic E-state index is 12.7. The minimum Gasteiger partial charge on any atom is -0.312 e. The minimum absolute atomic E-state index is 0.0817. The van der Waals surface area contributed by atoms with Crippen molar-refractivity contribution in [1.29, 1.82) is 5.41 Å². The lowest BCUT2D eigenvalue weighted by atomic mass is 10.2. The molecule has 5 heteroatoms. The number of thiophene rings is 1. The molecule has 3 rings (SSSR count). The van der Waals surface area contributed by atoms with Gasteiger partial charge in [0.15, 0.2) is 0 Å². The highest BCUT2D eigenvalue weighted by atomic mass is 32.1.